The maximum absolute atomic E-state index is 4.40. The van der Waals surface area contributed by atoms with Gasteiger partial charge in [0.1, 0.15) is 0 Å². The molecule has 24 heavy (non-hydrogen) atoms. The van der Waals surface area contributed by atoms with Gasteiger partial charge in [0.15, 0.2) is 0 Å². The molecule has 0 N–H and O–H groups in total. The first-order chi connectivity index (χ1) is 11.3. The molecule has 1 rings (SSSR count). The molecule has 1 fully saturated rings. The fourth-order valence-corrected chi connectivity index (χ4v) is 5.69. The molecule has 4 unspecified atom stereocenters. The zero-order valence-corrected chi connectivity index (χ0v) is 18.0. The molecular weight excluding hydrogens is 288 g/mol. The van der Waals surface area contributed by atoms with Gasteiger partial charge in [-0.1, -0.05) is 85.8 Å². The standard InChI is InChI=1S/C24H46/c1-9-12-14-21(13-10-2)22(15-18(4)5)23-17-24(11-3,19(6)7)16-20(23)8/h18,20-23H,6,9-17H2,1-5,7-8H3/t20-,21?,22?,23?,24?/m0/s1. The Hall–Kier alpha value is -0.260. The molecule has 0 heteroatoms. The highest BCUT2D eigenvalue weighted by Crippen LogP contribution is 2.56. The summed E-state index contributed by atoms with van der Waals surface area (Å²) in [5, 5.41) is 0. The second-order valence-electron chi connectivity index (χ2n) is 9.45. The van der Waals surface area contributed by atoms with E-state index in [1.54, 1.807) is 0 Å². The summed E-state index contributed by atoms with van der Waals surface area (Å²) in [6, 6.07) is 0. The van der Waals surface area contributed by atoms with Gasteiger partial charge in [0.05, 0.1) is 0 Å². The van der Waals surface area contributed by atoms with E-state index in [2.05, 4.69) is 55.0 Å². The van der Waals surface area contributed by atoms with Gasteiger partial charge in [-0.2, -0.15) is 0 Å². The molecule has 0 nitrogen and oxygen atoms in total. The predicted molar refractivity (Wildman–Crippen MR) is 110 cm³/mol. The summed E-state index contributed by atoms with van der Waals surface area (Å²) in [7, 11) is 0. The van der Waals surface area contributed by atoms with Crippen molar-refractivity contribution in [3.63, 3.8) is 0 Å². The van der Waals surface area contributed by atoms with E-state index in [9.17, 15) is 0 Å². The van der Waals surface area contributed by atoms with Gasteiger partial charge in [0, 0.05) is 0 Å². The van der Waals surface area contributed by atoms with Crippen LogP contribution >= 0.6 is 0 Å². The van der Waals surface area contributed by atoms with Gasteiger partial charge in [0.2, 0.25) is 0 Å². The van der Waals surface area contributed by atoms with Crippen LogP contribution in [0, 0.1) is 35.0 Å². The molecule has 0 bridgehead atoms. The van der Waals surface area contributed by atoms with Crippen molar-refractivity contribution in [1.82, 2.24) is 0 Å². The van der Waals surface area contributed by atoms with E-state index in [1.807, 2.05) is 0 Å². The van der Waals surface area contributed by atoms with Crippen LogP contribution in [-0.2, 0) is 0 Å². The van der Waals surface area contributed by atoms with Crippen LogP contribution in [0.15, 0.2) is 12.2 Å². The quantitative estimate of drug-likeness (QED) is 0.333. The van der Waals surface area contributed by atoms with Crippen molar-refractivity contribution in [2.45, 2.75) is 106 Å². The predicted octanol–water partition coefficient (Wildman–Crippen LogP) is 8.27. The second-order valence-corrected chi connectivity index (χ2v) is 9.45. The largest absolute Gasteiger partial charge is 0.0996 e. The lowest BCUT2D eigenvalue weighted by atomic mass is 9.69. The normalized spacial score (nSPS) is 29.8. The summed E-state index contributed by atoms with van der Waals surface area (Å²) < 4.78 is 0. The van der Waals surface area contributed by atoms with Crippen LogP contribution in [0.25, 0.3) is 0 Å². The zero-order chi connectivity index (χ0) is 18.3. The van der Waals surface area contributed by atoms with E-state index < -0.39 is 0 Å². The molecule has 0 heterocycles. The van der Waals surface area contributed by atoms with Crippen LogP contribution in [-0.4, -0.2) is 0 Å². The van der Waals surface area contributed by atoms with Crippen LogP contribution in [0.3, 0.4) is 0 Å². The second kappa shape index (κ2) is 10.0. The number of allylic oxidation sites excluding steroid dienone is 1. The highest BCUT2D eigenvalue weighted by Gasteiger charge is 2.46. The van der Waals surface area contributed by atoms with Gasteiger partial charge in [-0.3, -0.25) is 0 Å². The van der Waals surface area contributed by atoms with Crippen LogP contribution in [0.4, 0.5) is 0 Å². The molecule has 0 aromatic carbocycles. The average molecular weight is 335 g/mol. The van der Waals surface area contributed by atoms with Crippen LogP contribution in [0.5, 0.6) is 0 Å². The Morgan fingerprint density at radius 3 is 2.17 bits per heavy atom. The van der Waals surface area contributed by atoms with Crippen molar-refractivity contribution in [3.8, 4) is 0 Å². The molecule has 1 aliphatic rings. The highest BCUT2D eigenvalue weighted by atomic mass is 14.5. The third kappa shape index (κ3) is 5.37. The molecule has 0 spiro atoms. The van der Waals surface area contributed by atoms with Gasteiger partial charge in [-0.15, -0.1) is 0 Å². The Labute approximate surface area is 153 Å². The van der Waals surface area contributed by atoms with Crippen LogP contribution in [0.2, 0.25) is 0 Å². The minimum atomic E-state index is 0.431. The molecular formula is C24H46. The number of unbranched alkanes of at least 4 members (excludes halogenated alkanes) is 1. The monoisotopic (exact) mass is 334 g/mol. The van der Waals surface area contributed by atoms with E-state index >= 15 is 0 Å². The minimum absolute atomic E-state index is 0.431. The first-order valence-electron chi connectivity index (χ1n) is 11.0. The first-order valence-corrected chi connectivity index (χ1v) is 11.0. The average Bonchev–Trinajstić information content (AvgIpc) is 2.87. The fourth-order valence-electron chi connectivity index (χ4n) is 5.69. The zero-order valence-electron chi connectivity index (χ0n) is 18.0. The topological polar surface area (TPSA) is 0 Å². The summed E-state index contributed by atoms with van der Waals surface area (Å²) in [6.07, 6.45) is 12.5. The molecule has 142 valence electrons. The Bertz CT molecular complexity index is 366. The summed E-state index contributed by atoms with van der Waals surface area (Å²) in [6.45, 7) is 21.2. The maximum atomic E-state index is 4.40. The fraction of sp³-hybridized carbons (Fsp3) is 0.917. The van der Waals surface area contributed by atoms with E-state index in [0.29, 0.717) is 5.41 Å². The highest BCUT2D eigenvalue weighted by molar-refractivity contribution is 5.12. The molecule has 5 atom stereocenters. The Morgan fingerprint density at radius 2 is 1.75 bits per heavy atom. The lowest BCUT2D eigenvalue weighted by Crippen LogP contribution is -2.28. The molecule has 0 saturated heterocycles. The summed E-state index contributed by atoms with van der Waals surface area (Å²) in [5.74, 6) is 4.48. The van der Waals surface area contributed by atoms with Crippen molar-refractivity contribution in [3.05, 3.63) is 12.2 Å². The summed E-state index contributed by atoms with van der Waals surface area (Å²) in [4.78, 5) is 0. The van der Waals surface area contributed by atoms with Crippen LogP contribution < -0.4 is 0 Å². The van der Waals surface area contributed by atoms with Crippen molar-refractivity contribution >= 4 is 0 Å². The lowest BCUT2D eigenvalue weighted by Gasteiger charge is -2.36. The minimum Gasteiger partial charge on any atom is -0.0996 e. The maximum Gasteiger partial charge on any atom is -0.00907 e. The molecule has 1 saturated carbocycles. The lowest BCUT2D eigenvalue weighted by molar-refractivity contribution is 0.138. The SMILES string of the molecule is C=C(C)C1(CC)CC(C(CC(C)C)C(CCC)CCCC)[C@@H](C)C1. The van der Waals surface area contributed by atoms with Gasteiger partial charge in [-0.05, 0) is 67.6 Å². The van der Waals surface area contributed by atoms with E-state index in [1.165, 1.54) is 63.4 Å². The van der Waals surface area contributed by atoms with Gasteiger partial charge in [-0.25, -0.2) is 0 Å². The Morgan fingerprint density at radius 1 is 1.08 bits per heavy atom. The van der Waals surface area contributed by atoms with Crippen molar-refractivity contribution in [2.75, 3.05) is 0 Å². The van der Waals surface area contributed by atoms with Crippen molar-refractivity contribution < 1.29 is 0 Å². The van der Waals surface area contributed by atoms with Gasteiger partial charge >= 0.3 is 0 Å². The number of hydrogen-bond acceptors (Lipinski definition) is 0. The molecule has 0 aromatic rings. The van der Waals surface area contributed by atoms with E-state index in [0.717, 1.165) is 29.6 Å². The third-order valence-electron chi connectivity index (χ3n) is 7.14. The Balaban J connectivity index is 3.03. The summed E-state index contributed by atoms with van der Waals surface area (Å²) in [5.41, 5.74) is 1.88. The number of rotatable bonds is 11. The molecule has 0 aromatic heterocycles. The molecule has 0 aliphatic heterocycles. The van der Waals surface area contributed by atoms with Gasteiger partial charge < -0.3 is 0 Å². The summed E-state index contributed by atoms with van der Waals surface area (Å²) >= 11 is 0. The van der Waals surface area contributed by atoms with E-state index in [-0.39, 0.29) is 0 Å². The molecule has 1 aliphatic carbocycles. The van der Waals surface area contributed by atoms with Crippen LogP contribution in [0.1, 0.15) is 106 Å². The van der Waals surface area contributed by atoms with Gasteiger partial charge in [0.25, 0.3) is 0 Å². The smallest absolute Gasteiger partial charge is 0.00907 e. The van der Waals surface area contributed by atoms with Crippen molar-refractivity contribution in [1.29, 1.82) is 0 Å². The molecule has 0 amide bonds. The Kier molecular flexibility index (Phi) is 9.10. The van der Waals surface area contributed by atoms with Crippen molar-refractivity contribution in [2.24, 2.45) is 35.0 Å². The number of hydrogen-bond donors (Lipinski definition) is 0. The molecule has 0 radical (unpaired) electrons. The third-order valence-corrected chi connectivity index (χ3v) is 7.14. The van der Waals surface area contributed by atoms with E-state index in [4.69, 9.17) is 0 Å². The first kappa shape index (κ1) is 21.8.